The molecule has 0 bridgehead atoms. The number of benzene rings is 1. The number of nitrogens with one attached hydrogen (secondary N) is 2. The Morgan fingerprint density at radius 3 is 2.21 bits per heavy atom. The molecule has 0 radical (unpaired) electrons. The van der Waals surface area contributed by atoms with E-state index in [2.05, 4.69) is 34.9 Å². The minimum Gasteiger partial charge on any atom is -0.435 e. The van der Waals surface area contributed by atoms with Crippen LogP contribution in [0, 0.1) is 0 Å². The summed E-state index contributed by atoms with van der Waals surface area (Å²) in [7, 11) is -3.53. The van der Waals surface area contributed by atoms with E-state index in [0.717, 1.165) is 6.26 Å². The molecule has 1 unspecified atom stereocenters. The maximum Gasteiger partial charge on any atom is 0.387 e. The molecule has 1 atom stereocenters. The fourth-order valence-electron chi connectivity index (χ4n) is 2.48. The first kappa shape index (κ1) is 25.9. The molecule has 0 spiro atoms. The maximum atomic E-state index is 12.6. The third kappa shape index (κ3) is 7.64. The molecule has 0 saturated heterocycles. The van der Waals surface area contributed by atoms with Gasteiger partial charge < -0.3 is 14.5 Å². The Kier molecular flexibility index (Phi) is 8.64. The van der Waals surface area contributed by atoms with Crippen molar-refractivity contribution in [2.24, 2.45) is 0 Å². The monoisotopic (exact) mass is 492 g/mol. The van der Waals surface area contributed by atoms with Crippen molar-refractivity contribution in [1.82, 2.24) is 24.9 Å². The van der Waals surface area contributed by atoms with E-state index in [-0.39, 0.29) is 37.1 Å². The normalized spacial score (nSPS) is 12.5. The van der Waals surface area contributed by atoms with Crippen molar-refractivity contribution in [3.63, 3.8) is 0 Å². The van der Waals surface area contributed by atoms with Gasteiger partial charge >= 0.3 is 13.0 Å². The van der Waals surface area contributed by atoms with Crippen molar-refractivity contribution in [3.05, 3.63) is 48.1 Å². The van der Waals surface area contributed by atoms with Crippen molar-refractivity contribution in [3.8, 4) is 17.2 Å². The van der Waals surface area contributed by atoms with Crippen molar-refractivity contribution in [1.29, 1.82) is 0 Å². The van der Waals surface area contributed by atoms with Crippen LogP contribution in [0.15, 0.2) is 41.1 Å². The van der Waals surface area contributed by atoms with E-state index in [1.807, 2.05) is 0 Å². The number of halogens is 4. The fraction of sp³-hybridized carbons (Fsp3) is 0.333. The van der Waals surface area contributed by atoms with Gasteiger partial charge in [0.05, 0.1) is 17.9 Å². The number of hydrogen-bond acceptors (Lipinski definition) is 9. The lowest BCUT2D eigenvalue weighted by atomic mass is 10.1. The van der Waals surface area contributed by atoms with Gasteiger partial charge in [-0.15, -0.1) is 10.2 Å². The van der Waals surface area contributed by atoms with Gasteiger partial charge in [-0.3, -0.25) is 0 Å². The molecule has 0 aliphatic carbocycles. The lowest BCUT2D eigenvalue weighted by Gasteiger charge is -2.19. The molecule has 33 heavy (non-hydrogen) atoms. The lowest BCUT2D eigenvalue weighted by Crippen LogP contribution is -2.31. The Morgan fingerprint density at radius 2 is 1.70 bits per heavy atom. The van der Waals surface area contributed by atoms with Gasteiger partial charge in [-0.2, -0.15) is 17.6 Å². The van der Waals surface area contributed by atoms with Gasteiger partial charge in [-0.25, -0.2) is 23.1 Å². The molecular weight excluding hydrogens is 472 g/mol. The minimum atomic E-state index is -3.53. The molecule has 2 N–H and O–H groups in total. The number of aromatic nitrogens is 4. The molecule has 180 valence electrons. The molecule has 0 amide bonds. The first-order valence-electron chi connectivity index (χ1n) is 8.80. The van der Waals surface area contributed by atoms with Crippen LogP contribution in [0.1, 0.15) is 31.3 Å². The van der Waals surface area contributed by atoms with Crippen LogP contribution in [-0.2, 0) is 10.0 Å². The number of sulfonamides is 1. The highest BCUT2D eigenvalue weighted by Crippen LogP contribution is 2.24. The Morgan fingerprint density at radius 1 is 1.06 bits per heavy atom. The summed E-state index contributed by atoms with van der Waals surface area (Å²) in [4.78, 5) is 8.07. The average Bonchev–Trinajstić information content (AvgIpc) is 3.22. The zero-order valence-electron chi connectivity index (χ0n) is 16.2. The van der Waals surface area contributed by atoms with Crippen LogP contribution in [0.25, 0.3) is 11.5 Å². The molecule has 15 heteroatoms. The zero-order chi connectivity index (χ0) is 23.3. The second-order valence-electron chi connectivity index (χ2n) is 6.31. The summed E-state index contributed by atoms with van der Waals surface area (Å²) in [5.74, 6) is -1.04. The summed E-state index contributed by atoms with van der Waals surface area (Å²) in [6, 6.07) is 4.86. The second-order valence-corrected chi connectivity index (χ2v) is 8.14. The first-order chi connectivity index (χ1) is 15.1. The number of anilines is 1. The Balaban J connectivity index is 0.00000385. The Bertz CT molecular complexity index is 1130. The molecule has 10 nitrogen and oxygen atoms in total. The average molecular weight is 492 g/mol. The van der Waals surface area contributed by atoms with Crippen LogP contribution in [0.3, 0.4) is 0 Å². The largest absolute Gasteiger partial charge is 0.435 e. The summed E-state index contributed by atoms with van der Waals surface area (Å²) < 4.78 is 84.3. The van der Waals surface area contributed by atoms with E-state index in [1.54, 1.807) is 0 Å². The maximum absolute atomic E-state index is 12.6. The lowest BCUT2D eigenvalue weighted by molar-refractivity contribution is -0.0498. The summed E-state index contributed by atoms with van der Waals surface area (Å²) in [6.07, 6.45) is 0.559. The number of alkyl halides is 4. The number of ether oxygens (including phenoxy) is 1. The van der Waals surface area contributed by atoms with Crippen molar-refractivity contribution < 1.29 is 35.1 Å². The summed E-state index contributed by atoms with van der Waals surface area (Å²) >= 11 is 0. The molecule has 2 aromatic heterocycles. The van der Waals surface area contributed by atoms with E-state index in [9.17, 15) is 26.0 Å². The predicted molar refractivity (Wildman–Crippen MR) is 109 cm³/mol. The third-order valence-corrected chi connectivity index (χ3v) is 4.58. The van der Waals surface area contributed by atoms with E-state index >= 15 is 0 Å². The van der Waals surface area contributed by atoms with Crippen molar-refractivity contribution in [2.45, 2.75) is 26.5 Å². The van der Waals surface area contributed by atoms with E-state index in [1.165, 1.54) is 36.7 Å². The summed E-state index contributed by atoms with van der Waals surface area (Å²) in [5, 5.41) is 9.61. The van der Waals surface area contributed by atoms with Crippen LogP contribution < -0.4 is 14.8 Å². The quantitative estimate of drug-likeness (QED) is 0.409. The minimum absolute atomic E-state index is 0. The standard InChI is InChI=1S/C17H16F4N6O4S.CH4/c1-32(28,29)24-8-12(9-2-4-11(5-3-9)30-16(20)21)25-17-22-6-10(7-23-17)14-26-27-15(31-14)13(18)19;/h2-7,12-13,16,24H,8H2,1H3,(H,22,23,25);1H4. The number of rotatable bonds is 10. The van der Waals surface area contributed by atoms with Crippen LogP contribution in [0.2, 0.25) is 0 Å². The SMILES string of the molecule is C.CS(=O)(=O)NCC(Nc1ncc(-c2nnc(C(F)F)o2)cn1)c1ccc(OC(F)F)cc1. The van der Waals surface area contributed by atoms with Gasteiger partial charge in [0.25, 0.3) is 11.8 Å². The predicted octanol–water partition coefficient (Wildman–Crippen LogP) is 3.40. The fourth-order valence-corrected chi connectivity index (χ4v) is 2.95. The van der Waals surface area contributed by atoms with Gasteiger partial charge in [-0.1, -0.05) is 19.6 Å². The van der Waals surface area contributed by atoms with Crippen LogP contribution in [0.4, 0.5) is 23.5 Å². The Hall–Kier alpha value is -3.33. The highest BCUT2D eigenvalue weighted by Gasteiger charge is 2.19. The Labute approximate surface area is 186 Å². The molecule has 0 fully saturated rings. The molecule has 3 aromatic rings. The van der Waals surface area contributed by atoms with Crippen molar-refractivity contribution >= 4 is 16.0 Å². The highest BCUT2D eigenvalue weighted by molar-refractivity contribution is 7.88. The van der Waals surface area contributed by atoms with Gasteiger partial charge in [0, 0.05) is 18.9 Å². The summed E-state index contributed by atoms with van der Waals surface area (Å²) in [6.45, 7) is -3.09. The molecule has 0 aliphatic rings. The van der Waals surface area contributed by atoms with E-state index in [4.69, 9.17) is 4.42 Å². The second kappa shape index (κ2) is 11.0. The van der Waals surface area contributed by atoms with Crippen molar-refractivity contribution in [2.75, 3.05) is 18.1 Å². The van der Waals surface area contributed by atoms with Gasteiger partial charge in [-0.05, 0) is 17.7 Å². The molecule has 2 heterocycles. The molecule has 0 aliphatic heterocycles. The molecule has 1 aromatic carbocycles. The third-order valence-electron chi connectivity index (χ3n) is 3.89. The zero-order valence-corrected chi connectivity index (χ0v) is 17.1. The molecule has 3 rings (SSSR count). The molecular formula is C18H20F4N6O4S. The van der Waals surface area contributed by atoms with Crippen LogP contribution in [-0.4, -0.2) is 48.0 Å². The van der Waals surface area contributed by atoms with E-state index < -0.39 is 35.0 Å². The highest BCUT2D eigenvalue weighted by atomic mass is 32.2. The topological polar surface area (TPSA) is 132 Å². The van der Waals surface area contributed by atoms with Crippen LogP contribution >= 0.6 is 0 Å². The van der Waals surface area contributed by atoms with E-state index in [0.29, 0.717) is 5.56 Å². The first-order valence-corrected chi connectivity index (χ1v) is 10.7. The number of nitrogens with zero attached hydrogens (tertiary/aromatic N) is 4. The van der Waals surface area contributed by atoms with Gasteiger partial charge in [0.15, 0.2) is 0 Å². The number of hydrogen-bond donors (Lipinski definition) is 2. The van der Waals surface area contributed by atoms with Crippen LogP contribution in [0.5, 0.6) is 5.75 Å². The van der Waals surface area contributed by atoms with Gasteiger partial charge in [0.1, 0.15) is 5.75 Å². The molecule has 0 saturated carbocycles. The smallest absolute Gasteiger partial charge is 0.387 e. The summed E-state index contributed by atoms with van der Waals surface area (Å²) in [5.41, 5.74) is 0.711. The van der Waals surface area contributed by atoms with Gasteiger partial charge in [0.2, 0.25) is 16.0 Å².